The molecule has 0 aliphatic rings. The molecule has 1 N–H and O–H groups in total. The average molecular weight is 383 g/mol. The summed E-state index contributed by atoms with van der Waals surface area (Å²) in [5.41, 5.74) is 2.30. The number of rotatable bonds is 3. The van der Waals surface area contributed by atoms with E-state index >= 15 is 0 Å². The third kappa shape index (κ3) is 3.29. The second kappa shape index (κ2) is 6.83. The minimum absolute atomic E-state index is 0.283. The summed E-state index contributed by atoms with van der Waals surface area (Å²) in [7, 11) is 0. The summed E-state index contributed by atoms with van der Waals surface area (Å²) in [5.74, 6) is 0.311. The van der Waals surface area contributed by atoms with E-state index in [0.717, 1.165) is 5.39 Å². The molecule has 0 spiro atoms. The number of carbonyl (C=O) groups is 1. The number of hydrogen-bond acceptors (Lipinski definition) is 3. The van der Waals surface area contributed by atoms with Crippen LogP contribution in [0.3, 0.4) is 0 Å². The maximum atomic E-state index is 12.9. The van der Waals surface area contributed by atoms with E-state index in [9.17, 15) is 4.79 Å². The Kier molecular flexibility index (Phi) is 4.37. The van der Waals surface area contributed by atoms with Gasteiger partial charge in [0.05, 0.1) is 17.3 Å². The lowest BCUT2D eigenvalue weighted by Gasteiger charge is -2.10. The highest BCUT2D eigenvalue weighted by atomic mass is 35.5. The minimum atomic E-state index is -0.283. The van der Waals surface area contributed by atoms with Gasteiger partial charge in [0.25, 0.3) is 5.91 Å². The zero-order valence-electron chi connectivity index (χ0n) is 13.4. The first-order chi connectivity index (χ1) is 12.6. The fraction of sp³-hybridized carbons (Fsp3) is 0. The quantitative estimate of drug-likeness (QED) is 0.468. The normalized spacial score (nSPS) is 10.8. The van der Waals surface area contributed by atoms with E-state index in [1.54, 1.807) is 42.7 Å². The predicted octanol–water partition coefficient (Wildman–Crippen LogP) is 6.05. The van der Waals surface area contributed by atoms with Crippen LogP contribution >= 0.6 is 23.2 Å². The topological polar surface area (TPSA) is 55.1 Å². The van der Waals surface area contributed by atoms with E-state index in [-0.39, 0.29) is 5.91 Å². The van der Waals surface area contributed by atoms with E-state index in [1.165, 1.54) is 0 Å². The van der Waals surface area contributed by atoms with Gasteiger partial charge in [-0.1, -0.05) is 41.4 Å². The van der Waals surface area contributed by atoms with Crippen molar-refractivity contribution in [3.63, 3.8) is 0 Å². The molecule has 2 aromatic carbocycles. The first-order valence-electron chi connectivity index (χ1n) is 7.81. The van der Waals surface area contributed by atoms with Crippen LogP contribution in [0.4, 0.5) is 5.69 Å². The van der Waals surface area contributed by atoms with Gasteiger partial charge in [0.15, 0.2) is 5.76 Å². The maximum Gasteiger partial charge on any atom is 0.256 e. The summed E-state index contributed by atoms with van der Waals surface area (Å²) >= 11 is 12.0. The summed E-state index contributed by atoms with van der Waals surface area (Å²) in [5, 5.41) is 4.48. The minimum Gasteiger partial charge on any atom is -0.463 e. The van der Waals surface area contributed by atoms with Crippen molar-refractivity contribution in [2.45, 2.75) is 0 Å². The molecule has 26 heavy (non-hydrogen) atoms. The Morgan fingerprint density at radius 2 is 1.73 bits per heavy atom. The summed E-state index contributed by atoms with van der Waals surface area (Å²) < 4.78 is 5.42. The highest BCUT2D eigenvalue weighted by Gasteiger charge is 2.15. The maximum absolute atomic E-state index is 12.9. The molecule has 0 saturated carbocycles. The van der Waals surface area contributed by atoms with Gasteiger partial charge in [-0.25, -0.2) is 4.98 Å². The number of anilines is 1. The van der Waals surface area contributed by atoms with E-state index in [4.69, 9.17) is 27.6 Å². The molecular weight excluding hydrogens is 371 g/mol. The Balaban J connectivity index is 1.80. The first-order valence-corrected chi connectivity index (χ1v) is 8.57. The second-order valence-electron chi connectivity index (χ2n) is 5.66. The van der Waals surface area contributed by atoms with E-state index in [0.29, 0.717) is 38.3 Å². The largest absolute Gasteiger partial charge is 0.463 e. The molecule has 0 aliphatic heterocycles. The summed E-state index contributed by atoms with van der Waals surface area (Å²) in [6.07, 6.45) is 1.57. The van der Waals surface area contributed by atoms with Gasteiger partial charge in [-0.05, 0) is 42.5 Å². The zero-order chi connectivity index (χ0) is 18.1. The number of pyridine rings is 1. The second-order valence-corrected chi connectivity index (χ2v) is 6.53. The Morgan fingerprint density at radius 3 is 2.46 bits per heavy atom. The smallest absolute Gasteiger partial charge is 0.256 e. The van der Waals surface area contributed by atoms with Crippen LogP contribution in [0.15, 0.2) is 71.3 Å². The van der Waals surface area contributed by atoms with Crippen molar-refractivity contribution in [1.29, 1.82) is 0 Å². The average Bonchev–Trinajstić information content (AvgIpc) is 3.14. The molecule has 4 rings (SSSR count). The van der Waals surface area contributed by atoms with Crippen molar-refractivity contribution in [2.75, 3.05) is 5.32 Å². The molecule has 0 unspecified atom stereocenters. The first kappa shape index (κ1) is 16.6. The van der Waals surface area contributed by atoms with E-state index in [2.05, 4.69) is 10.3 Å². The van der Waals surface area contributed by atoms with Crippen molar-refractivity contribution in [1.82, 2.24) is 4.98 Å². The zero-order valence-corrected chi connectivity index (χ0v) is 14.9. The number of furan rings is 1. The number of carbonyl (C=O) groups excluding carboxylic acids is 1. The van der Waals surface area contributed by atoms with Crippen molar-refractivity contribution >= 4 is 45.7 Å². The van der Waals surface area contributed by atoms with Crippen LogP contribution in [0.5, 0.6) is 0 Å². The van der Waals surface area contributed by atoms with Crippen molar-refractivity contribution in [3.05, 3.63) is 82.5 Å². The molecule has 0 aliphatic carbocycles. The number of halogens is 2. The number of para-hydroxylation sites is 1. The van der Waals surface area contributed by atoms with Gasteiger partial charge < -0.3 is 9.73 Å². The van der Waals surface area contributed by atoms with Crippen LogP contribution in [-0.4, -0.2) is 10.9 Å². The van der Waals surface area contributed by atoms with Crippen molar-refractivity contribution in [3.8, 4) is 11.5 Å². The molecule has 2 aromatic heterocycles. The Hall–Kier alpha value is -2.82. The fourth-order valence-corrected chi connectivity index (χ4v) is 3.26. The molecule has 4 aromatic rings. The Labute approximate surface area is 159 Å². The van der Waals surface area contributed by atoms with Gasteiger partial charge in [-0.3, -0.25) is 4.79 Å². The molecule has 6 heteroatoms. The van der Waals surface area contributed by atoms with Gasteiger partial charge in [0, 0.05) is 21.1 Å². The van der Waals surface area contributed by atoms with Crippen LogP contribution in [0, 0.1) is 0 Å². The molecule has 0 saturated heterocycles. The highest BCUT2D eigenvalue weighted by Crippen LogP contribution is 2.27. The number of benzene rings is 2. The van der Waals surface area contributed by atoms with E-state index < -0.39 is 0 Å². The van der Waals surface area contributed by atoms with Crippen LogP contribution in [0.2, 0.25) is 10.0 Å². The lowest BCUT2D eigenvalue weighted by Crippen LogP contribution is -2.13. The van der Waals surface area contributed by atoms with Gasteiger partial charge in [0.1, 0.15) is 5.69 Å². The summed E-state index contributed by atoms with van der Waals surface area (Å²) in [6, 6.07) is 17.6. The molecule has 2 heterocycles. The number of nitrogens with zero attached hydrogens (tertiary/aromatic N) is 1. The monoisotopic (exact) mass is 382 g/mol. The highest BCUT2D eigenvalue weighted by molar-refractivity contribution is 6.35. The van der Waals surface area contributed by atoms with Gasteiger partial charge in [-0.2, -0.15) is 0 Å². The van der Waals surface area contributed by atoms with Gasteiger partial charge in [-0.15, -0.1) is 0 Å². The van der Waals surface area contributed by atoms with Crippen molar-refractivity contribution < 1.29 is 9.21 Å². The molecule has 0 bridgehead atoms. The number of amides is 1. The fourth-order valence-electron chi connectivity index (χ4n) is 2.74. The Morgan fingerprint density at radius 1 is 0.962 bits per heavy atom. The molecule has 4 nitrogen and oxygen atoms in total. The van der Waals surface area contributed by atoms with Crippen LogP contribution in [-0.2, 0) is 0 Å². The van der Waals surface area contributed by atoms with Crippen LogP contribution < -0.4 is 5.32 Å². The van der Waals surface area contributed by atoms with Gasteiger partial charge >= 0.3 is 0 Å². The molecule has 0 atom stereocenters. The predicted molar refractivity (Wildman–Crippen MR) is 104 cm³/mol. The number of aromatic nitrogens is 1. The lowest BCUT2D eigenvalue weighted by atomic mass is 10.1. The van der Waals surface area contributed by atoms with E-state index in [1.807, 2.05) is 24.3 Å². The third-order valence-corrected chi connectivity index (χ3v) is 4.29. The molecular formula is C20H12Cl2N2O2. The Bertz CT molecular complexity index is 1090. The third-order valence-electron chi connectivity index (χ3n) is 3.85. The lowest BCUT2D eigenvalue weighted by molar-refractivity contribution is 0.102. The SMILES string of the molecule is O=C(Nc1cc(Cl)cc(Cl)c1)c1cc(-c2ccco2)nc2ccccc12. The van der Waals surface area contributed by atoms with Crippen LogP contribution in [0.25, 0.3) is 22.4 Å². The number of fused-ring (bicyclic) bond motifs is 1. The standard InChI is InChI=1S/C20H12Cl2N2O2/c21-12-8-13(22)10-14(9-12)23-20(25)16-11-18(19-6-3-7-26-19)24-17-5-2-1-4-15(16)17/h1-11H,(H,23,25). The van der Waals surface area contributed by atoms with Crippen molar-refractivity contribution in [2.24, 2.45) is 0 Å². The molecule has 0 radical (unpaired) electrons. The summed E-state index contributed by atoms with van der Waals surface area (Å²) in [6.45, 7) is 0. The molecule has 1 amide bonds. The van der Waals surface area contributed by atoms with Crippen LogP contribution in [0.1, 0.15) is 10.4 Å². The van der Waals surface area contributed by atoms with Gasteiger partial charge in [0.2, 0.25) is 0 Å². The number of hydrogen-bond donors (Lipinski definition) is 1. The molecule has 0 fully saturated rings. The summed E-state index contributed by atoms with van der Waals surface area (Å²) in [4.78, 5) is 17.5. The number of nitrogens with one attached hydrogen (secondary N) is 1. The molecule has 128 valence electrons.